The van der Waals surface area contributed by atoms with E-state index in [0.717, 1.165) is 30.3 Å². The van der Waals surface area contributed by atoms with Crippen LogP contribution in [-0.4, -0.2) is 13.4 Å². The van der Waals surface area contributed by atoms with Crippen molar-refractivity contribution in [2.24, 2.45) is 0 Å². The van der Waals surface area contributed by atoms with Gasteiger partial charge >= 0.3 is 0 Å². The van der Waals surface area contributed by atoms with Crippen molar-refractivity contribution in [1.29, 1.82) is 0 Å². The molecule has 0 bridgehead atoms. The summed E-state index contributed by atoms with van der Waals surface area (Å²) in [5, 5.41) is 0. The number of benzene rings is 2. The van der Waals surface area contributed by atoms with E-state index < -0.39 is 0 Å². The molecule has 0 radical (unpaired) electrons. The maximum Gasteiger partial charge on any atom is 0.231 e. The molecular formula is C20H28O3. The van der Waals surface area contributed by atoms with Gasteiger partial charge in [0, 0.05) is 0 Å². The van der Waals surface area contributed by atoms with Gasteiger partial charge in [-0.1, -0.05) is 58.0 Å². The lowest BCUT2D eigenvalue weighted by Crippen LogP contribution is -2.07. The van der Waals surface area contributed by atoms with E-state index in [1.807, 2.05) is 64.1 Å². The first kappa shape index (κ1) is 18.9. The first-order valence-corrected chi connectivity index (χ1v) is 8.49. The third kappa shape index (κ3) is 5.85. The van der Waals surface area contributed by atoms with E-state index in [-0.39, 0.29) is 0 Å². The van der Waals surface area contributed by atoms with Gasteiger partial charge in [0.1, 0.15) is 5.75 Å². The van der Waals surface area contributed by atoms with Crippen molar-refractivity contribution in [2.45, 2.75) is 40.5 Å². The lowest BCUT2D eigenvalue weighted by atomic mass is 10.1. The smallest absolute Gasteiger partial charge is 0.231 e. The minimum Gasteiger partial charge on any atom is -0.493 e. The predicted octanol–water partition coefficient (Wildman–Crippen LogP) is 5.48. The molecule has 0 saturated heterocycles. The summed E-state index contributed by atoms with van der Waals surface area (Å²) in [5.74, 6) is 2.77. The maximum atomic E-state index is 5.42. The van der Waals surface area contributed by atoms with Crippen LogP contribution in [0.25, 0.3) is 0 Å². The summed E-state index contributed by atoms with van der Waals surface area (Å²) in [6.45, 7) is 9.25. The van der Waals surface area contributed by atoms with Gasteiger partial charge in [-0.2, -0.15) is 0 Å². The van der Waals surface area contributed by atoms with Gasteiger partial charge in [0.25, 0.3) is 0 Å². The zero-order valence-electron chi connectivity index (χ0n) is 14.7. The molecule has 2 aliphatic rings. The number of rotatable bonds is 0. The fourth-order valence-electron chi connectivity index (χ4n) is 2.14. The summed E-state index contributed by atoms with van der Waals surface area (Å²) in [7, 11) is 0. The Morgan fingerprint density at radius 2 is 1.17 bits per heavy atom. The number of aryl methyl sites for hydroxylation is 1. The molecule has 126 valence electrons. The van der Waals surface area contributed by atoms with E-state index in [0.29, 0.717) is 6.79 Å². The fraction of sp³-hybridized carbons (Fsp3) is 0.400. The van der Waals surface area contributed by atoms with Crippen LogP contribution in [-0.2, 0) is 6.42 Å². The molecule has 4 rings (SSSR count). The Morgan fingerprint density at radius 3 is 1.74 bits per heavy atom. The summed E-state index contributed by atoms with van der Waals surface area (Å²) in [6.07, 6.45) is 2.34. The Labute approximate surface area is 140 Å². The van der Waals surface area contributed by atoms with Crippen LogP contribution in [0.2, 0.25) is 0 Å². The third-order valence-corrected chi connectivity index (χ3v) is 3.10. The van der Waals surface area contributed by atoms with E-state index in [2.05, 4.69) is 12.1 Å². The van der Waals surface area contributed by atoms with Gasteiger partial charge in [0.2, 0.25) is 6.79 Å². The largest absolute Gasteiger partial charge is 0.493 e. The molecule has 0 spiro atoms. The van der Waals surface area contributed by atoms with Gasteiger partial charge < -0.3 is 14.2 Å². The third-order valence-electron chi connectivity index (χ3n) is 3.10. The van der Waals surface area contributed by atoms with E-state index in [9.17, 15) is 0 Å². The summed E-state index contributed by atoms with van der Waals surface area (Å²) in [5.41, 5.74) is 1.36. The summed E-state index contributed by atoms with van der Waals surface area (Å²) in [6, 6.07) is 15.9. The van der Waals surface area contributed by atoms with Crippen molar-refractivity contribution < 1.29 is 14.2 Å². The highest BCUT2D eigenvalue weighted by Gasteiger charge is 2.09. The molecule has 0 aliphatic carbocycles. The van der Waals surface area contributed by atoms with Crippen molar-refractivity contribution in [1.82, 2.24) is 0 Å². The van der Waals surface area contributed by atoms with Crippen LogP contribution < -0.4 is 14.2 Å². The zero-order chi connectivity index (χ0) is 16.9. The van der Waals surface area contributed by atoms with Gasteiger partial charge in [-0.25, -0.2) is 0 Å². The molecule has 2 aromatic carbocycles. The van der Waals surface area contributed by atoms with Crippen LogP contribution in [0.4, 0.5) is 0 Å². The Kier molecular flexibility index (Phi) is 9.37. The fourth-order valence-corrected chi connectivity index (χ4v) is 2.14. The van der Waals surface area contributed by atoms with Crippen LogP contribution in [0, 0.1) is 0 Å². The molecule has 0 N–H and O–H groups in total. The van der Waals surface area contributed by atoms with E-state index in [1.165, 1.54) is 12.0 Å². The Morgan fingerprint density at radius 1 is 0.652 bits per heavy atom. The zero-order valence-corrected chi connectivity index (χ0v) is 14.7. The first-order valence-electron chi connectivity index (χ1n) is 8.49. The number of hydrogen-bond donors (Lipinski definition) is 0. The van der Waals surface area contributed by atoms with Crippen LogP contribution in [0.3, 0.4) is 0 Å². The highest BCUT2D eigenvalue weighted by Crippen LogP contribution is 2.30. The van der Waals surface area contributed by atoms with Crippen LogP contribution in [0.1, 0.15) is 39.7 Å². The quantitative estimate of drug-likeness (QED) is 0.644. The van der Waals surface area contributed by atoms with Crippen molar-refractivity contribution in [3.8, 4) is 17.2 Å². The maximum absolute atomic E-state index is 5.42. The Balaban J connectivity index is 0.000000190. The van der Waals surface area contributed by atoms with Crippen molar-refractivity contribution in [3.05, 3.63) is 54.1 Å². The number of ether oxygens (including phenoxy) is 3. The van der Waals surface area contributed by atoms with E-state index in [4.69, 9.17) is 14.2 Å². The molecule has 2 aromatic rings. The van der Waals surface area contributed by atoms with E-state index in [1.54, 1.807) is 0 Å². The average Bonchev–Trinajstić information content (AvgIpc) is 3.14. The lowest BCUT2D eigenvalue weighted by Gasteiger charge is -2.15. The van der Waals surface area contributed by atoms with Gasteiger partial charge in [0.15, 0.2) is 11.5 Å². The Bertz CT molecular complexity index is 504. The van der Waals surface area contributed by atoms with Gasteiger partial charge in [-0.05, 0) is 36.6 Å². The Hall–Kier alpha value is -2.16. The van der Waals surface area contributed by atoms with Gasteiger partial charge in [-0.15, -0.1) is 0 Å². The number of hydrogen-bond acceptors (Lipinski definition) is 3. The molecule has 2 heterocycles. The molecule has 0 atom stereocenters. The molecule has 0 aromatic heterocycles. The molecular weight excluding hydrogens is 288 g/mol. The highest BCUT2D eigenvalue weighted by atomic mass is 16.7. The van der Waals surface area contributed by atoms with Crippen LogP contribution in [0.5, 0.6) is 17.2 Å². The summed E-state index contributed by atoms with van der Waals surface area (Å²) in [4.78, 5) is 0. The minimum absolute atomic E-state index is 0.360. The van der Waals surface area contributed by atoms with E-state index >= 15 is 0 Å². The molecule has 23 heavy (non-hydrogen) atoms. The van der Waals surface area contributed by atoms with Crippen LogP contribution in [0.15, 0.2) is 48.5 Å². The molecule has 3 heteroatoms. The lowest BCUT2D eigenvalue weighted by molar-refractivity contribution is 0.174. The van der Waals surface area contributed by atoms with Crippen molar-refractivity contribution in [3.63, 3.8) is 0 Å². The summed E-state index contributed by atoms with van der Waals surface area (Å²) < 4.78 is 15.6. The molecule has 0 amide bonds. The number of fused-ring (bicyclic) bond motifs is 2. The second-order valence-electron chi connectivity index (χ2n) is 4.41. The molecule has 0 saturated carbocycles. The normalized spacial score (nSPS) is 12.7. The van der Waals surface area contributed by atoms with Gasteiger partial charge in [0.05, 0.1) is 6.61 Å². The standard InChI is InChI=1S/C9H10O.C7H6O2.2C2H6/c1-2-6-9-8(4-1)5-3-7-10-9;1-2-4-7-6(3-1)8-5-9-7;2*1-2/h1-2,4,6H,3,5,7H2;1-4H,5H2;2*1-2H3. The topological polar surface area (TPSA) is 27.7 Å². The predicted molar refractivity (Wildman–Crippen MR) is 95.5 cm³/mol. The molecule has 0 fully saturated rings. The molecule has 3 nitrogen and oxygen atoms in total. The molecule has 0 unspecified atom stereocenters. The van der Waals surface area contributed by atoms with Crippen LogP contribution >= 0.6 is 0 Å². The van der Waals surface area contributed by atoms with Crippen molar-refractivity contribution >= 4 is 0 Å². The highest BCUT2D eigenvalue weighted by molar-refractivity contribution is 5.40. The monoisotopic (exact) mass is 316 g/mol. The second-order valence-corrected chi connectivity index (χ2v) is 4.41. The van der Waals surface area contributed by atoms with Crippen molar-refractivity contribution in [2.75, 3.05) is 13.4 Å². The number of para-hydroxylation sites is 3. The van der Waals surface area contributed by atoms with Gasteiger partial charge in [-0.3, -0.25) is 0 Å². The second kappa shape index (κ2) is 11.4. The minimum atomic E-state index is 0.360. The SMILES string of the molecule is CC.CC.c1ccc2c(c1)CCCO2.c1ccc2c(c1)OCO2. The first-order chi connectivity index (χ1) is 11.4. The molecule has 2 aliphatic heterocycles. The summed E-state index contributed by atoms with van der Waals surface area (Å²) >= 11 is 0. The average molecular weight is 316 g/mol.